The Bertz CT molecular complexity index is 1180. The van der Waals surface area contributed by atoms with Gasteiger partial charge in [0, 0.05) is 10.8 Å². The van der Waals surface area contributed by atoms with Gasteiger partial charge in [0.2, 0.25) is 5.95 Å². The average molecular weight is 364 g/mol. The maximum absolute atomic E-state index is 13.6. The number of nitrogens with one attached hydrogen (secondary N) is 1. The van der Waals surface area contributed by atoms with E-state index in [4.69, 9.17) is 11.5 Å². The quantitative estimate of drug-likeness (QED) is 0.593. The van der Waals surface area contributed by atoms with E-state index in [9.17, 15) is 9.18 Å². The summed E-state index contributed by atoms with van der Waals surface area (Å²) in [6.45, 7) is 9.67. The van der Waals surface area contributed by atoms with Crippen LogP contribution in [0.1, 0.15) is 23.0 Å². The Balaban J connectivity index is 2.43. The number of primary amides is 1. The first-order valence-corrected chi connectivity index (χ1v) is 7.91. The van der Waals surface area contributed by atoms with E-state index in [1.807, 2.05) is 0 Å². The highest BCUT2D eigenvalue weighted by atomic mass is 19.1. The number of nitrogens with two attached hydrogens (primary N) is 2. The van der Waals surface area contributed by atoms with Crippen LogP contribution in [0.2, 0.25) is 0 Å². The van der Waals surface area contributed by atoms with E-state index in [0.29, 0.717) is 27.3 Å². The summed E-state index contributed by atoms with van der Waals surface area (Å²) >= 11 is 0. The van der Waals surface area contributed by atoms with Crippen LogP contribution in [0.5, 0.6) is 0 Å². The molecular weight excluding hydrogens is 347 g/mol. The lowest BCUT2D eigenvalue weighted by atomic mass is 9.95. The van der Waals surface area contributed by atoms with Gasteiger partial charge in [0.05, 0.1) is 28.6 Å². The van der Waals surface area contributed by atoms with Crippen molar-refractivity contribution < 1.29 is 9.18 Å². The number of carbonyl (C=O) groups is 1. The predicted octanol–water partition coefficient (Wildman–Crippen LogP) is 0.872. The van der Waals surface area contributed by atoms with Gasteiger partial charge in [-0.05, 0) is 36.3 Å². The van der Waals surface area contributed by atoms with Gasteiger partial charge in [0.25, 0.3) is 5.91 Å². The van der Waals surface area contributed by atoms with Crippen LogP contribution in [0.15, 0.2) is 42.6 Å². The number of amides is 1. The lowest BCUT2D eigenvalue weighted by Crippen LogP contribution is -2.25. The number of pyridine rings is 2. The minimum absolute atomic E-state index is 0.0845. The summed E-state index contributed by atoms with van der Waals surface area (Å²) in [5, 5.41) is 7.93. The minimum Gasteiger partial charge on any atom is -0.396 e. The van der Waals surface area contributed by atoms with Gasteiger partial charge in [-0.25, -0.2) is 9.97 Å². The fraction of sp³-hybridized carbons (Fsp3) is 0.0526. The summed E-state index contributed by atoms with van der Waals surface area (Å²) in [4.78, 5) is 19.9. The first-order valence-electron chi connectivity index (χ1n) is 7.91. The van der Waals surface area contributed by atoms with Gasteiger partial charge in [0.1, 0.15) is 0 Å². The van der Waals surface area contributed by atoms with E-state index in [1.54, 1.807) is 25.3 Å². The van der Waals surface area contributed by atoms with Crippen molar-refractivity contribution in [3.63, 3.8) is 0 Å². The number of anilines is 1. The number of halogens is 1. The van der Waals surface area contributed by atoms with Gasteiger partial charge in [0.15, 0.2) is 5.69 Å². The zero-order chi connectivity index (χ0) is 19.7. The molecule has 5 N–H and O–H groups in total. The van der Waals surface area contributed by atoms with Crippen molar-refractivity contribution in [3.05, 3.63) is 70.4 Å². The van der Waals surface area contributed by atoms with Crippen LogP contribution < -0.4 is 22.0 Å². The topological polar surface area (TPSA) is 124 Å². The third kappa shape index (κ3) is 3.32. The number of aromatic amines is 1. The average Bonchev–Trinajstić information content (AvgIpc) is 3.01. The molecule has 27 heavy (non-hydrogen) atoms. The third-order valence-electron chi connectivity index (χ3n) is 3.95. The van der Waals surface area contributed by atoms with Crippen LogP contribution in [0.3, 0.4) is 0 Å². The Hall–Kier alpha value is -3.81. The molecule has 1 amide bonds. The van der Waals surface area contributed by atoms with Gasteiger partial charge in [-0.2, -0.15) is 9.49 Å². The van der Waals surface area contributed by atoms with Gasteiger partial charge >= 0.3 is 0 Å². The molecule has 8 heteroatoms. The summed E-state index contributed by atoms with van der Waals surface area (Å²) in [7, 11) is 0. The van der Waals surface area contributed by atoms with E-state index < -0.39 is 11.9 Å². The van der Waals surface area contributed by atoms with Crippen LogP contribution in [-0.4, -0.2) is 26.1 Å². The summed E-state index contributed by atoms with van der Waals surface area (Å²) in [6, 6.07) is 5.89. The molecule has 0 aliphatic heterocycles. The molecule has 0 saturated carbocycles. The molecule has 3 heterocycles. The Labute approximate surface area is 154 Å². The highest BCUT2D eigenvalue weighted by Gasteiger charge is 2.19. The van der Waals surface area contributed by atoms with E-state index in [0.717, 1.165) is 0 Å². The van der Waals surface area contributed by atoms with Gasteiger partial charge in [-0.1, -0.05) is 19.2 Å². The first-order chi connectivity index (χ1) is 12.8. The van der Waals surface area contributed by atoms with E-state index in [1.165, 1.54) is 12.1 Å². The van der Waals surface area contributed by atoms with Crippen molar-refractivity contribution >= 4 is 23.7 Å². The molecule has 0 radical (unpaired) electrons. The fourth-order valence-electron chi connectivity index (χ4n) is 2.76. The van der Waals surface area contributed by atoms with E-state index in [2.05, 4.69) is 33.3 Å². The Kier molecular flexibility index (Phi) is 4.55. The lowest BCUT2D eigenvalue weighted by molar-refractivity contribution is 0.0996. The number of allylic oxidation sites excluding steroid dienone is 1. The number of H-pyrrole nitrogens is 1. The maximum atomic E-state index is 13.6. The number of carbonyl (C=O) groups excluding carboxylic acids is 1. The molecular formula is C19H17FN6O. The highest BCUT2D eigenvalue weighted by molar-refractivity contribution is 6.00. The third-order valence-corrected chi connectivity index (χ3v) is 3.95. The van der Waals surface area contributed by atoms with Gasteiger partial charge < -0.3 is 11.5 Å². The van der Waals surface area contributed by atoms with Crippen molar-refractivity contribution in [3.8, 4) is 11.4 Å². The smallest absolute Gasteiger partial charge is 0.269 e. The summed E-state index contributed by atoms with van der Waals surface area (Å²) in [5.74, 6) is -1.48. The molecule has 136 valence electrons. The molecule has 0 unspecified atom stereocenters. The van der Waals surface area contributed by atoms with Crippen LogP contribution in [-0.2, 0) is 0 Å². The number of nitrogens with zero attached hydrogens (tertiary/aromatic N) is 3. The fourth-order valence-corrected chi connectivity index (χ4v) is 2.76. The Morgan fingerprint density at radius 3 is 2.56 bits per heavy atom. The molecule has 0 saturated heterocycles. The zero-order valence-electron chi connectivity index (χ0n) is 14.6. The van der Waals surface area contributed by atoms with Crippen molar-refractivity contribution in [1.29, 1.82) is 0 Å². The molecule has 0 bridgehead atoms. The SMILES string of the molecule is C=C(C)/C(c1cc(-c2cccc(F)n2)nc(C(N)=O)c1N)=c1/cn[nH]c1=C. The Morgan fingerprint density at radius 2 is 2.00 bits per heavy atom. The summed E-state index contributed by atoms with van der Waals surface area (Å²) in [6.07, 6.45) is 1.58. The molecule has 0 spiro atoms. The number of rotatable bonds is 4. The number of hydrogen-bond donors (Lipinski definition) is 3. The van der Waals surface area contributed by atoms with E-state index in [-0.39, 0.29) is 22.8 Å². The van der Waals surface area contributed by atoms with Crippen LogP contribution in [0.25, 0.3) is 23.5 Å². The second-order valence-electron chi connectivity index (χ2n) is 5.94. The lowest BCUT2D eigenvalue weighted by Gasteiger charge is -2.14. The predicted molar refractivity (Wildman–Crippen MR) is 101 cm³/mol. The van der Waals surface area contributed by atoms with Crippen LogP contribution in [0.4, 0.5) is 10.1 Å². The number of hydrogen-bond acceptors (Lipinski definition) is 5. The number of nitrogen functional groups attached to an aromatic ring is 1. The molecule has 3 aromatic heterocycles. The largest absolute Gasteiger partial charge is 0.396 e. The molecule has 3 aromatic rings. The minimum atomic E-state index is -0.810. The maximum Gasteiger partial charge on any atom is 0.269 e. The highest BCUT2D eigenvalue weighted by Crippen LogP contribution is 2.30. The van der Waals surface area contributed by atoms with Crippen molar-refractivity contribution in [2.75, 3.05) is 5.73 Å². The first kappa shape index (κ1) is 18.0. The van der Waals surface area contributed by atoms with Crippen LogP contribution >= 0.6 is 0 Å². The second-order valence-corrected chi connectivity index (χ2v) is 5.94. The zero-order valence-corrected chi connectivity index (χ0v) is 14.6. The summed E-state index contributed by atoms with van der Waals surface area (Å²) in [5.41, 5.74) is 13.8. The van der Waals surface area contributed by atoms with Crippen molar-refractivity contribution in [2.24, 2.45) is 5.73 Å². The molecule has 0 atom stereocenters. The second kappa shape index (κ2) is 6.83. The normalized spacial score (nSPS) is 11.9. The van der Waals surface area contributed by atoms with Crippen molar-refractivity contribution in [1.82, 2.24) is 20.2 Å². The van der Waals surface area contributed by atoms with Crippen molar-refractivity contribution in [2.45, 2.75) is 6.92 Å². The monoisotopic (exact) mass is 364 g/mol. The Morgan fingerprint density at radius 1 is 1.26 bits per heavy atom. The number of aromatic nitrogens is 4. The molecule has 7 nitrogen and oxygen atoms in total. The van der Waals surface area contributed by atoms with Gasteiger partial charge in [-0.15, -0.1) is 0 Å². The van der Waals surface area contributed by atoms with Crippen LogP contribution in [0, 0.1) is 5.95 Å². The molecule has 0 aromatic carbocycles. The molecule has 0 fully saturated rings. The molecule has 3 rings (SSSR count). The van der Waals surface area contributed by atoms with Gasteiger partial charge in [-0.3, -0.25) is 9.89 Å². The molecule has 0 aliphatic rings. The summed E-state index contributed by atoms with van der Waals surface area (Å²) < 4.78 is 13.6. The standard InChI is InChI=1S/C19H17FN6O/c1-9(2)16(12-8-23-26-10(12)3)11-7-14(13-5-4-6-15(20)24-13)25-18(17(11)21)19(22)27/h4-8,26H,1,3,21H2,2H3,(H2,22,27)/b16-12+. The van der Waals surface area contributed by atoms with E-state index >= 15 is 0 Å². The molecule has 0 aliphatic carbocycles.